The highest BCUT2D eigenvalue weighted by Crippen LogP contribution is 2.32. The number of carbonyl (C=O) groups excluding carboxylic acids is 1. The minimum absolute atomic E-state index is 0.143. The number of aryl methyl sites for hydroxylation is 1. The first-order valence-corrected chi connectivity index (χ1v) is 7.49. The SMILES string of the molecule is Cc1cc(Br)cc(Br)c1OCC(=O)Oc1ccccc1. The van der Waals surface area contributed by atoms with Crippen molar-refractivity contribution in [2.45, 2.75) is 6.92 Å². The van der Waals surface area contributed by atoms with Crippen LogP contribution in [-0.4, -0.2) is 12.6 Å². The van der Waals surface area contributed by atoms with Crippen LogP contribution in [0.2, 0.25) is 0 Å². The summed E-state index contributed by atoms with van der Waals surface area (Å²) in [6, 6.07) is 12.7. The van der Waals surface area contributed by atoms with Crippen molar-refractivity contribution >= 4 is 37.8 Å². The minimum Gasteiger partial charge on any atom is -0.480 e. The molecule has 5 heteroatoms. The van der Waals surface area contributed by atoms with Gasteiger partial charge in [-0.15, -0.1) is 0 Å². The summed E-state index contributed by atoms with van der Waals surface area (Å²) in [4.78, 5) is 11.7. The van der Waals surface area contributed by atoms with Gasteiger partial charge < -0.3 is 9.47 Å². The smallest absolute Gasteiger partial charge is 0.349 e. The van der Waals surface area contributed by atoms with E-state index in [9.17, 15) is 4.79 Å². The molecule has 0 unspecified atom stereocenters. The van der Waals surface area contributed by atoms with Crippen LogP contribution in [0.25, 0.3) is 0 Å². The molecular weight excluding hydrogens is 388 g/mol. The second-order valence-corrected chi connectivity index (χ2v) is 5.88. The van der Waals surface area contributed by atoms with Gasteiger partial charge in [0.1, 0.15) is 11.5 Å². The molecule has 0 aliphatic heterocycles. The molecule has 0 aromatic heterocycles. The van der Waals surface area contributed by atoms with Crippen LogP contribution in [0, 0.1) is 6.92 Å². The Morgan fingerprint density at radius 1 is 1.15 bits per heavy atom. The molecule has 0 aliphatic rings. The number of benzene rings is 2. The quantitative estimate of drug-likeness (QED) is 0.560. The van der Waals surface area contributed by atoms with E-state index >= 15 is 0 Å². The lowest BCUT2D eigenvalue weighted by molar-refractivity contribution is -0.136. The average Bonchev–Trinajstić information content (AvgIpc) is 2.38. The van der Waals surface area contributed by atoms with Gasteiger partial charge in [-0.1, -0.05) is 34.1 Å². The molecule has 0 radical (unpaired) electrons. The maximum atomic E-state index is 11.7. The molecule has 0 saturated carbocycles. The summed E-state index contributed by atoms with van der Waals surface area (Å²) in [5.74, 6) is 0.705. The molecule has 0 heterocycles. The van der Waals surface area contributed by atoms with Crippen molar-refractivity contribution in [1.29, 1.82) is 0 Å². The van der Waals surface area contributed by atoms with E-state index in [1.165, 1.54) is 0 Å². The number of rotatable bonds is 4. The van der Waals surface area contributed by atoms with Gasteiger partial charge in [0.15, 0.2) is 6.61 Å². The van der Waals surface area contributed by atoms with Gasteiger partial charge in [-0.3, -0.25) is 0 Å². The molecule has 2 aromatic rings. The Bertz CT molecular complexity index is 589. The fourth-order valence-electron chi connectivity index (χ4n) is 1.65. The van der Waals surface area contributed by atoms with E-state index in [1.54, 1.807) is 24.3 Å². The number of carbonyl (C=O) groups is 1. The van der Waals surface area contributed by atoms with Crippen LogP contribution in [0.4, 0.5) is 0 Å². The Morgan fingerprint density at radius 2 is 1.85 bits per heavy atom. The second-order valence-electron chi connectivity index (χ2n) is 4.11. The molecule has 2 aromatic carbocycles. The van der Waals surface area contributed by atoms with Gasteiger partial charge in [0.2, 0.25) is 0 Å². The summed E-state index contributed by atoms with van der Waals surface area (Å²) in [6.07, 6.45) is 0. The number of hydrogen-bond donors (Lipinski definition) is 0. The van der Waals surface area contributed by atoms with Crippen molar-refractivity contribution in [1.82, 2.24) is 0 Å². The number of ether oxygens (including phenoxy) is 2. The Labute approximate surface area is 134 Å². The number of para-hydroxylation sites is 1. The highest BCUT2D eigenvalue weighted by molar-refractivity contribution is 9.11. The molecule has 0 aliphatic carbocycles. The lowest BCUT2D eigenvalue weighted by Crippen LogP contribution is -2.18. The van der Waals surface area contributed by atoms with Gasteiger partial charge in [0, 0.05) is 4.47 Å². The Kier molecular flexibility index (Phi) is 5.20. The second kappa shape index (κ2) is 6.90. The van der Waals surface area contributed by atoms with Crippen molar-refractivity contribution in [2.75, 3.05) is 6.61 Å². The summed E-state index contributed by atoms with van der Waals surface area (Å²) in [6.45, 7) is 1.77. The predicted octanol–water partition coefficient (Wildman–Crippen LogP) is 4.50. The van der Waals surface area contributed by atoms with Crippen molar-refractivity contribution in [3.8, 4) is 11.5 Å². The van der Waals surface area contributed by atoms with Gasteiger partial charge >= 0.3 is 5.97 Å². The normalized spacial score (nSPS) is 10.2. The Hall–Kier alpha value is -1.33. The molecule has 0 saturated heterocycles. The van der Waals surface area contributed by atoms with Crippen LogP contribution in [0.3, 0.4) is 0 Å². The molecule has 20 heavy (non-hydrogen) atoms. The van der Waals surface area contributed by atoms with E-state index in [1.807, 2.05) is 25.1 Å². The standard InChI is InChI=1S/C15H12Br2O3/c1-10-7-11(16)8-13(17)15(10)19-9-14(18)20-12-5-3-2-4-6-12/h2-8H,9H2,1H3. The summed E-state index contributed by atoms with van der Waals surface area (Å²) < 4.78 is 12.4. The third kappa shape index (κ3) is 4.08. The Balaban J connectivity index is 1.97. The summed E-state index contributed by atoms with van der Waals surface area (Å²) in [5.41, 5.74) is 0.929. The maximum absolute atomic E-state index is 11.7. The fraction of sp³-hybridized carbons (Fsp3) is 0.133. The van der Waals surface area contributed by atoms with E-state index in [4.69, 9.17) is 9.47 Å². The fourth-order valence-corrected chi connectivity index (χ4v) is 3.21. The largest absolute Gasteiger partial charge is 0.480 e. The van der Waals surface area contributed by atoms with E-state index < -0.39 is 5.97 Å². The van der Waals surface area contributed by atoms with Crippen molar-refractivity contribution in [3.63, 3.8) is 0 Å². The number of halogens is 2. The highest BCUT2D eigenvalue weighted by atomic mass is 79.9. The first-order chi connectivity index (χ1) is 9.56. The summed E-state index contributed by atoms with van der Waals surface area (Å²) in [7, 11) is 0. The molecule has 0 N–H and O–H groups in total. The van der Waals surface area contributed by atoms with Crippen molar-refractivity contribution in [2.24, 2.45) is 0 Å². The van der Waals surface area contributed by atoms with E-state index in [2.05, 4.69) is 31.9 Å². The lowest BCUT2D eigenvalue weighted by Gasteiger charge is -2.11. The van der Waals surface area contributed by atoms with Crippen LogP contribution in [0.5, 0.6) is 11.5 Å². The zero-order valence-corrected chi connectivity index (χ0v) is 13.9. The molecule has 0 bridgehead atoms. The van der Waals surface area contributed by atoms with Crippen molar-refractivity contribution < 1.29 is 14.3 Å². The minimum atomic E-state index is -0.439. The molecule has 0 spiro atoms. The molecule has 3 nitrogen and oxygen atoms in total. The van der Waals surface area contributed by atoms with Crippen LogP contribution in [0.15, 0.2) is 51.4 Å². The molecule has 0 atom stereocenters. The van der Waals surface area contributed by atoms with Crippen LogP contribution in [0.1, 0.15) is 5.56 Å². The maximum Gasteiger partial charge on any atom is 0.349 e. The first kappa shape index (κ1) is 15.1. The number of esters is 1. The Morgan fingerprint density at radius 3 is 2.50 bits per heavy atom. The van der Waals surface area contributed by atoms with Gasteiger partial charge in [-0.2, -0.15) is 0 Å². The summed E-state index contributed by atoms with van der Waals surface area (Å²) in [5, 5.41) is 0. The lowest BCUT2D eigenvalue weighted by atomic mass is 10.2. The van der Waals surface area contributed by atoms with Crippen molar-refractivity contribution in [3.05, 3.63) is 57.0 Å². The molecule has 0 amide bonds. The van der Waals surface area contributed by atoms with E-state index in [0.717, 1.165) is 14.5 Å². The molecule has 2 rings (SSSR count). The number of hydrogen-bond acceptors (Lipinski definition) is 3. The van der Waals surface area contributed by atoms with Crippen LogP contribution in [-0.2, 0) is 4.79 Å². The topological polar surface area (TPSA) is 35.5 Å². The zero-order chi connectivity index (χ0) is 14.5. The van der Waals surface area contributed by atoms with Gasteiger partial charge in [-0.05, 0) is 52.7 Å². The first-order valence-electron chi connectivity index (χ1n) is 5.90. The van der Waals surface area contributed by atoms with Gasteiger partial charge in [0.25, 0.3) is 0 Å². The molecular formula is C15H12Br2O3. The highest BCUT2D eigenvalue weighted by Gasteiger charge is 2.11. The average molecular weight is 400 g/mol. The van der Waals surface area contributed by atoms with Gasteiger partial charge in [-0.25, -0.2) is 4.79 Å². The summed E-state index contributed by atoms with van der Waals surface area (Å²) >= 11 is 6.80. The van der Waals surface area contributed by atoms with E-state index in [-0.39, 0.29) is 6.61 Å². The third-order valence-corrected chi connectivity index (χ3v) is 3.55. The van der Waals surface area contributed by atoms with E-state index in [0.29, 0.717) is 11.5 Å². The van der Waals surface area contributed by atoms with Gasteiger partial charge in [0.05, 0.1) is 4.47 Å². The third-order valence-electron chi connectivity index (χ3n) is 2.50. The monoisotopic (exact) mass is 398 g/mol. The predicted molar refractivity (Wildman–Crippen MR) is 84.2 cm³/mol. The van der Waals surface area contributed by atoms with Crippen LogP contribution < -0.4 is 9.47 Å². The molecule has 104 valence electrons. The molecule has 0 fully saturated rings. The van der Waals surface area contributed by atoms with Crippen LogP contribution >= 0.6 is 31.9 Å². The zero-order valence-electron chi connectivity index (χ0n) is 10.7.